The maximum atomic E-state index is 11.8. The van der Waals surface area contributed by atoms with E-state index >= 15 is 0 Å². The molecule has 4 nitrogen and oxygen atoms in total. The minimum absolute atomic E-state index is 0.278. The highest BCUT2D eigenvalue weighted by molar-refractivity contribution is 5.78. The second kappa shape index (κ2) is 5.15. The topological polar surface area (TPSA) is 35.6 Å². The molecule has 2 fully saturated rings. The third kappa shape index (κ3) is 2.74. The molecule has 2 rings (SSSR count). The average molecular weight is 225 g/mol. The second-order valence-corrected chi connectivity index (χ2v) is 5.19. The zero-order valence-electron chi connectivity index (χ0n) is 10.4. The molecule has 0 aromatic rings. The molecule has 16 heavy (non-hydrogen) atoms. The molecule has 2 saturated heterocycles. The third-order valence-corrected chi connectivity index (χ3v) is 3.89. The first kappa shape index (κ1) is 11.9. The van der Waals surface area contributed by atoms with Crippen molar-refractivity contribution in [2.24, 2.45) is 0 Å². The first-order valence-electron chi connectivity index (χ1n) is 6.38. The fourth-order valence-electron chi connectivity index (χ4n) is 2.65. The molecule has 2 atom stereocenters. The van der Waals surface area contributed by atoms with Gasteiger partial charge in [-0.05, 0) is 33.2 Å². The van der Waals surface area contributed by atoms with Crippen molar-refractivity contribution in [1.82, 2.24) is 15.1 Å². The quantitative estimate of drug-likeness (QED) is 0.750. The first-order chi connectivity index (χ1) is 7.66. The number of nitrogens with one attached hydrogen (secondary N) is 1. The molecule has 0 spiro atoms. The van der Waals surface area contributed by atoms with Gasteiger partial charge in [-0.15, -0.1) is 0 Å². The molecule has 2 heterocycles. The Hall–Kier alpha value is -0.610. The van der Waals surface area contributed by atoms with Crippen LogP contribution in [0.3, 0.4) is 0 Å². The molecule has 2 aliphatic heterocycles. The fourth-order valence-corrected chi connectivity index (χ4v) is 2.65. The van der Waals surface area contributed by atoms with E-state index < -0.39 is 0 Å². The number of carbonyl (C=O) groups is 1. The molecule has 0 aromatic carbocycles. The molecule has 0 aliphatic carbocycles. The lowest BCUT2D eigenvalue weighted by Crippen LogP contribution is -2.41. The highest BCUT2D eigenvalue weighted by Gasteiger charge is 2.26. The maximum Gasteiger partial charge on any atom is 0.236 e. The summed E-state index contributed by atoms with van der Waals surface area (Å²) in [5.41, 5.74) is 0. The Labute approximate surface area is 98.0 Å². The van der Waals surface area contributed by atoms with Gasteiger partial charge in [0, 0.05) is 31.7 Å². The molecule has 2 unspecified atom stereocenters. The summed E-state index contributed by atoms with van der Waals surface area (Å²) in [6.45, 7) is 5.74. The van der Waals surface area contributed by atoms with Crippen LogP contribution in [-0.2, 0) is 4.79 Å². The number of amides is 1. The summed E-state index contributed by atoms with van der Waals surface area (Å²) in [5.74, 6) is 0.278. The third-order valence-electron chi connectivity index (χ3n) is 3.89. The molecule has 0 saturated carbocycles. The van der Waals surface area contributed by atoms with Gasteiger partial charge in [-0.2, -0.15) is 0 Å². The summed E-state index contributed by atoms with van der Waals surface area (Å²) in [7, 11) is 2.15. The number of hydrogen-bond donors (Lipinski definition) is 1. The van der Waals surface area contributed by atoms with Crippen LogP contribution >= 0.6 is 0 Å². The normalized spacial score (nSPS) is 31.2. The predicted molar refractivity (Wildman–Crippen MR) is 64.3 cm³/mol. The fraction of sp³-hybridized carbons (Fsp3) is 0.917. The van der Waals surface area contributed by atoms with Crippen molar-refractivity contribution in [3.05, 3.63) is 0 Å². The van der Waals surface area contributed by atoms with Crippen LogP contribution in [0.4, 0.5) is 0 Å². The van der Waals surface area contributed by atoms with Gasteiger partial charge in [0.1, 0.15) is 0 Å². The summed E-state index contributed by atoms with van der Waals surface area (Å²) in [5, 5.41) is 3.39. The van der Waals surface area contributed by atoms with Gasteiger partial charge in [-0.1, -0.05) is 0 Å². The first-order valence-corrected chi connectivity index (χ1v) is 6.38. The predicted octanol–water partition coefficient (Wildman–Crippen LogP) is 0.291. The molecule has 2 aliphatic rings. The van der Waals surface area contributed by atoms with Gasteiger partial charge < -0.3 is 15.1 Å². The van der Waals surface area contributed by atoms with E-state index in [1.165, 1.54) is 12.8 Å². The van der Waals surface area contributed by atoms with E-state index in [0.717, 1.165) is 26.1 Å². The van der Waals surface area contributed by atoms with Crippen molar-refractivity contribution >= 4 is 5.91 Å². The van der Waals surface area contributed by atoms with Crippen LogP contribution in [0.25, 0.3) is 0 Å². The van der Waals surface area contributed by atoms with Crippen LogP contribution in [0, 0.1) is 0 Å². The van der Waals surface area contributed by atoms with Gasteiger partial charge in [0.2, 0.25) is 5.91 Å². The van der Waals surface area contributed by atoms with E-state index in [4.69, 9.17) is 0 Å². The lowest BCUT2D eigenvalue weighted by molar-refractivity contribution is -0.129. The largest absolute Gasteiger partial charge is 0.342 e. The Kier molecular flexibility index (Phi) is 3.82. The van der Waals surface area contributed by atoms with Crippen molar-refractivity contribution in [2.75, 3.05) is 33.2 Å². The van der Waals surface area contributed by atoms with Crippen LogP contribution in [0.2, 0.25) is 0 Å². The number of rotatable bonds is 3. The van der Waals surface area contributed by atoms with Gasteiger partial charge in [-0.25, -0.2) is 0 Å². The van der Waals surface area contributed by atoms with E-state index in [9.17, 15) is 4.79 Å². The van der Waals surface area contributed by atoms with Gasteiger partial charge in [0.05, 0.1) is 6.54 Å². The van der Waals surface area contributed by atoms with E-state index in [2.05, 4.69) is 24.2 Å². The van der Waals surface area contributed by atoms with Crippen LogP contribution in [0.15, 0.2) is 0 Å². The van der Waals surface area contributed by atoms with Gasteiger partial charge in [-0.3, -0.25) is 4.79 Å². The highest BCUT2D eigenvalue weighted by Crippen LogP contribution is 2.14. The Bertz CT molecular complexity index is 241. The van der Waals surface area contributed by atoms with Crippen LogP contribution < -0.4 is 5.32 Å². The summed E-state index contributed by atoms with van der Waals surface area (Å²) < 4.78 is 0. The zero-order valence-corrected chi connectivity index (χ0v) is 10.4. The summed E-state index contributed by atoms with van der Waals surface area (Å²) in [6, 6.07) is 1.13. The molecular weight excluding hydrogens is 202 g/mol. The van der Waals surface area contributed by atoms with Crippen LogP contribution in [0.1, 0.15) is 26.2 Å². The molecule has 92 valence electrons. The molecule has 1 amide bonds. The summed E-state index contributed by atoms with van der Waals surface area (Å²) in [4.78, 5) is 16.1. The Balaban J connectivity index is 1.69. The highest BCUT2D eigenvalue weighted by atomic mass is 16.2. The molecule has 0 bridgehead atoms. The lowest BCUT2D eigenvalue weighted by Gasteiger charge is -2.18. The Morgan fingerprint density at radius 2 is 2.06 bits per heavy atom. The van der Waals surface area contributed by atoms with Crippen molar-refractivity contribution in [2.45, 2.75) is 38.3 Å². The van der Waals surface area contributed by atoms with Gasteiger partial charge in [0.25, 0.3) is 0 Å². The number of carbonyl (C=O) groups excluding carboxylic acids is 1. The van der Waals surface area contributed by atoms with E-state index in [1.54, 1.807) is 0 Å². The standard InChI is InChI=1S/C12H23N3O/c1-10-7-11(9-14(10)2)13-8-12(16)15-5-3-4-6-15/h10-11,13H,3-9H2,1-2H3. The van der Waals surface area contributed by atoms with Crippen molar-refractivity contribution in [3.63, 3.8) is 0 Å². The summed E-state index contributed by atoms with van der Waals surface area (Å²) >= 11 is 0. The second-order valence-electron chi connectivity index (χ2n) is 5.19. The van der Waals surface area contributed by atoms with Gasteiger partial charge in [0.15, 0.2) is 0 Å². The SMILES string of the molecule is CC1CC(NCC(=O)N2CCCC2)CN1C. The lowest BCUT2D eigenvalue weighted by atomic mass is 10.2. The molecule has 4 heteroatoms. The average Bonchev–Trinajstić information content (AvgIpc) is 2.86. The van der Waals surface area contributed by atoms with Crippen molar-refractivity contribution in [3.8, 4) is 0 Å². The molecular formula is C12H23N3O. The number of likely N-dealkylation sites (N-methyl/N-ethyl adjacent to an activating group) is 1. The zero-order chi connectivity index (χ0) is 11.5. The smallest absolute Gasteiger partial charge is 0.236 e. The monoisotopic (exact) mass is 225 g/mol. The van der Waals surface area contributed by atoms with E-state index in [-0.39, 0.29) is 5.91 Å². The minimum Gasteiger partial charge on any atom is -0.342 e. The van der Waals surface area contributed by atoms with Crippen LogP contribution in [-0.4, -0.2) is 61.0 Å². The minimum atomic E-state index is 0.278. The molecule has 0 radical (unpaired) electrons. The maximum absolute atomic E-state index is 11.8. The number of likely N-dealkylation sites (tertiary alicyclic amines) is 2. The summed E-state index contributed by atoms with van der Waals surface area (Å²) in [6.07, 6.45) is 3.51. The van der Waals surface area contributed by atoms with Crippen molar-refractivity contribution in [1.29, 1.82) is 0 Å². The Morgan fingerprint density at radius 1 is 1.38 bits per heavy atom. The van der Waals surface area contributed by atoms with Crippen LogP contribution in [0.5, 0.6) is 0 Å². The Morgan fingerprint density at radius 3 is 2.62 bits per heavy atom. The number of nitrogens with zero attached hydrogens (tertiary/aromatic N) is 2. The molecule has 1 N–H and O–H groups in total. The van der Waals surface area contributed by atoms with E-state index in [1.807, 2.05) is 4.90 Å². The van der Waals surface area contributed by atoms with Gasteiger partial charge >= 0.3 is 0 Å². The van der Waals surface area contributed by atoms with Crippen molar-refractivity contribution < 1.29 is 4.79 Å². The number of hydrogen-bond acceptors (Lipinski definition) is 3. The molecule has 0 aromatic heterocycles. The van der Waals surface area contributed by atoms with E-state index in [0.29, 0.717) is 18.6 Å².